The first-order chi connectivity index (χ1) is 16.0. The molecule has 1 aliphatic rings. The summed E-state index contributed by atoms with van der Waals surface area (Å²) in [6, 6.07) is 7.89. The van der Waals surface area contributed by atoms with E-state index in [1.165, 1.54) is 12.1 Å². The molecule has 33 heavy (non-hydrogen) atoms. The summed E-state index contributed by atoms with van der Waals surface area (Å²) in [4.78, 5) is 30.4. The summed E-state index contributed by atoms with van der Waals surface area (Å²) in [6.07, 6.45) is 4.30. The van der Waals surface area contributed by atoms with Crippen LogP contribution >= 0.6 is 0 Å². The normalized spacial score (nSPS) is 15.0. The fourth-order valence-electron chi connectivity index (χ4n) is 3.59. The van der Waals surface area contributed by atoms with Gasteiger partial charge in [-0.2, -0.15) is 9.97 Å². The molecular formula is C22H24FN7O3. The van der Waals surface area contributed by atoms with E-state index in [0.717, 1.165) is 5.56 Å². The maximum atomic E-state index is 13.3. The van der Waals surface area contributed by atoms with Gasteiger partial charge in [0.15, 0.2) is 0 Å². The van der Waals surface area contributed by atoms with Crippen LogP contribution in [0.2, 0.25) is 0 Å². The summed E-state index contributed by atoms with van der Waals surface area (Å²) in [7, 11) is 0. The first-order valence-corrected chi connectivity index (χ1v) is 10.5. The van der Waals surface area contributed by atoms with Gasteiger partial charge in [-0.3, -0.25) is 4.98 Å². The van der Waals surface area contributed by atoms with Crippen molar-refractivity contribution in [3.05, 3.63) is 60.3 Å². The lowest BCUT2D eigenvalue weighted by Gasteiger charge is -2.32. The Kier molecular flexibility index (Phi) is 6.77. The minimum Gasteiger partial charge on any atom is -0.450 e. The second-order valence-corrected chi connectivity index (χ2v) is 7.64. The van der Waals surface area contributed by atoms with E-state index in [2.05, 4.69) is 35.5 Å². The first kappa shape index (κ1) is 22.2. The van der Waals surface area contributed by atoms with Gasteiger partial charge in [0.25, 0.3) is 0 Å². The van der Waals surface area contributed by atoms with Crippen molar-refractivity contribution in [2.24, 2.45) is 0 Å². The fourth-order valence-corrected chi connectivity index (χ4v) is 3.59. The molecule has 0 aliphatic carbocycles. The van der Waals surface area contributed by atoms with Crippen LogP contribution in [0.4, 0.5) is 32.6 Å². The topological polar surface area (TPSA) is 125 Å². The smallest absolute Gasteiger partial charge is 0.450 e. The summed E-state index contributed by atoms with van der Waals surface area (Å²) in [5, 5.41) is 15.3. The standard InChI is InChI=1S/C22H24FN7O3/c1-14(15-2-4-16(23)5-3-15)26-21-28-18(27-19-13-24-8-9-25-19)12-20(29-21)30-10-6-17(7-11-30)33-22(31)32/h2-5,8-9,12-14,17H,6-7,10-11H2,1H3,(H,31,32)(H2,25,26,27,28,29)/t14-/m0/s1. The van der Waals surface area contributed by atoms with E-state index in [1.807, 2.05) is 6.92 Å². The molecule has 1 aromatic carbocycles. The SMILES string of the molecule is C[C@H](Nc1nc(Nc2cnccn2)cc(N2CCC(OC(=O)O)CC2)n1)c1ccc(F)cc1. The Labute approximate surface area is 189 Å². The van der Waals surface area contributed by atoms with Gasteiger partial charge in [0, 0.05) is 44.4 Å². The highest BCUT2D eigenvalue weighted by molar-refractivity contribution is 5.60. The summed E-state index contributed by atoms with van der Waals surface area (Å²) < 4.78 is 18.2. The highest BCUT2D eigenvalue weighted by atomic mass is 19.1. The predicted molar refractivity (Wildman–Crippen MR) is 120 cm³/mol. The third-order valence-electron chi connectivity index (χ3n) is 5.28. The number of carboxylic acid groups (broad SMARTS) is 1. The molecule has 0 spiro atoms. The van der Waals surface area contributed by atoms with Crippen LogP contribution in [-0.4, -0.2) is 50.4 Å². The number of benzene rings is 1. The Morgan fingerprint density at radius 1 is 1.18 bits per heavy atom. The number of halogens is 1. The van der Waals surface area contributed by atoms with Crippen LogP contribution in [0.3, 0.4) is 0 Å². The Hall–Kier alpha value is -4.02. The van der Waals surface area contributed by atoms with Crippen molar-refractivity contribution in [3.63, 3.8) is 0 Å². The van der Waals surface area contributed by atoms with Crippen molar-refractivity contribution in [3.8, 4) is 0 Å². The van der Waals surface area contributed by atoms with Crippen LogP contribution in [0.25, 0.3) is 0 Å². The van der Waals surface area contributed by atoms with E-state index in [0.29, 0.717) is 49.3 Å². The predicted octanol–water partition coefficient (Wildman–Crippen LogP) is 3.99. The van der Waals surface area contributed by atoms with Crippen LogP contribution < -0.4 is 15.5 Å². The van der Waals surface area contributed by atoms with Gasteiger partial charge >= 0.3 is 6.16 Å². The third-order valence-corrected chi connectivity index (χ3v) is 5.28. The number of hydrogen-bond acceptors (Lipinski definition) is 9. The van der Waals surface area contributed by atoms with Crippen LogP contribution in [0.15, 0.2) is 48.9 Å². The van der Waals surface area contributed by atoms with Crippen LogP contribution in [-0.2, 0) is 4.74 Å². The van der Waals surface area contributed by atoms with E-state index in [-0.39, 0.29) is 18.0 Å². The minimum absolute atomic E-state index is 0.167. The van der Waals surface area contributed by atoms with Gasteiger partial charge in [-0.15, -0.1) is 0 Å². The number of nitrogens with zero attached hydrogens (tertiary/aromatic N) is 5. The number of ether oxygens (including phenoxy) is 1. The molecule has 4 rings (SSSR count). The monoisotopic (exact) mass is 453 g/mol. The maximum absolute atomic E-state index is 13.3. The number of carbonyl (C=O) groups is 1. The van der Waals surface area contributed by atoms with Crippen LogP contribution in [0, 0.1) is 5.82 Å². The van der Waals surface area contributed by atoms with Crippen molar-refractivity contribution in [2.75, 3.05) is 28.6 Å². The quantitative estimate of drug-likeness (QED) is 0.452. The first-order valence-electron chi connectivity index (χ1n) is 10.5. The van der Waals surface area contributed by atoms with Crippen molar-refractivity contribution < 1.29 is 19.0 Å². The molecule has 3 heterocycles. The molecule has 0 saturated carbocycles. The molecule has 0 radical (unpaired) electrons. The molecule has 1 aliphatic heterocycles. The number of aromatic nitrogens is 4. The largest absolute Gasteiger partial charge is 0.506 e. The highest BCUT2D eigenvalue weighted by Gasteiger charge is 2.24. The molecule has 1 fully saturated rings. The van der Waals surface area contributed by atoms with Gasteiger partial charge < -0.3 is 25.4 Å². The molecule has 172 valence electrons. The van der Waals surface area contributed by atoms with Gasteiger partial charge in [0.1, 0.15) is 29.4 Å². The van der Waals surface area contributed by atoms with Crippen molar-refractivity contribution in [1.29, 1.82) is 0 Å². The molecule has 1 saturated heterocycles. The molecule has 0 bridgehead atoms. The zero-order valence-corrected chi connectivity index (χ0v) is 18.0. The van der Waals surface area contributed by atoms with Gasteiger partial charge in [-0.05, 0) is 24.6 Å². The molecule has 0 unspecified atom stereocenters. The van der Waals surface area contributed by atoms with Gasteiger partial charge in [0.2, 0.25) is 5.95 Å². The van der Waals surface area contributed by atoms with Gasteiger partial charge in [0.05, 0.1) is 12.2 Å². The lowest BCUT2D eigenvalue weighted by Crippen LogP contribution is -2.38. The van der Waals surface area contributed by atoms with E-state index in [9.17, 15) is 9.18 Å². The highest BCUT2D eigenvalue weighted by Crippen LogP contribution is 2.26. The zero-order valence-electron chi connectivity index (χ0n) is 18.0. The Morgan fingerprint density at radius 3 is 2.61 bits per heavy atom. The van der Waals surface area contributed by atoms with Crippen molar-refractivity contribution >= 4 is 29.6 Å². The maximum Gasteiger partial charge on any atom is 0.506 e. The molecular weight excluding hydrogens is 429 g/mol. The minimum atomic E-state index is -1.26. The molecule has 11 heteroatoms. The third kappa shape index (κ3) is 6.03. The lowest BCUT2D eigenvalue weighted by atomic mass is 10.1. The average Bonchev–Trinajstić information content (AvgIpc) is 2.80. The number of anilines is 4. The van der Waals surface area contributed by atoms with Gasteiger partial charge in [-0.25, -0.2) is 14.2 Å². The van der Waals surface area contributed by atoms with Crippen LogP contribution in [0.1, 0.15) is 31.4 Å². The number of rotatable bonds is 7. The Balaban J connectivity index is 1.55. The zero-order chi connectivity index (χ0) is 23.2. The lowest BCUT2D eigenvalue weighted by molar-refractivity contribution is 0.0415. The second kappa shape index (κ2) is 10.1. The summed E-state index contributed by atoms with van der Waals surface area (Å²) in [5.74, 6) is 1.83. The van der Waals surface area contributed by atoms with Crippen molar-refractivity contribution in [2.45, 2.75) is 31.9 Å². The second-order valence-electron chi connectivity index (χ2n) is 7.64. The molecule has 10 nitrogen and oxygen atoms in total. The van der Waals surface area contributed by atoms with Gasteiger partial charge in [-0.1, -0.05) is 12.1 Å². The van der Waals surface area contributed by atoms with E-state index >= 15 is 0 Å². The molecule has 1 atom stereocenters. The number of nitrogens with one attached hydrogen (secondary N) is 2. The van der Waals surface area contributed by atoms with E-state index in [1.54, 1.807) is 36.8 Å². The van der Waals surface area contributed by atoms with Crippen LogP contribution in [0.5, 0.6) is 0 Å². The van der Waals surface area contributed by atoms with E-state index < -0.39 is 6.16 Å². The van der Waals surface area contributed by atoms with E-state index in [4.69, 9.17) is 9.84 Å². The average molecular weight is 453 g/mol. The summed E-state index contributed by atoms with van der Waals surface area (Å²) >= 11 is 0. The Bertz CT molecular complexity index is 1080. The summed E-state index contributed by atoms with van der Waals surface area (Å²) in [5.41, 5.74) is 0.889. The molecule has 3 N–H and O–H groups in total. The Morgan fingerprint density at radius 2 is 1.94 bits per heavy atom. The summed E-state index contributed by atoms with van der Waals surface area (Å²) in [6.45, 7) is 3.12. The number of hydrogen-bond donors (Lipinski definition) is 3. The molecule has 0 amide bonds. The fraction of sp³-hybridized carbons (Fsp3) is 0.318. The molecule has 3 aromatic rings. The van der Waals surface area contributed by atoms with Crippen molar-refractivity contribution in [1.82, 2.24) is 19.9 Å². The molecule has 2 aromatic heterocycles. The number of piperidine rings is 1.